The van der Waals surface area contributed by atoms with Gasteiger partial charge in [0.05, 0.1) is 5.60 Å². The molecule has 2 atom stereocenters. The molecule has 0 aromatic heterocycles. The zero-order valence-corrected chi connectivity index (χ0v) is 10.6. The van der Waals surface area contributed by atoms with Crippen molar-refractivity contribution >= 4 is 0 Å². The monoisotopic (exact) mass is 213 g/mol. The number of nitrogens with zero attached hydrogens (tertiary/aromatic N) is 1. The molecule has 2 unspecified atom stereocenters. The highest BCUT2D eigenvalue weighted by molar-refractivity contribution is 4.86. The highest BCUT2D eigenvalue weighted by atomic mass is 16.3. The predicted octanol–water partition coefficient (Wildman–Crippen LogP) is 2.66. The van der Waals surface area contributed by atoms with E-state index in [0.717, 1.165) is 25.4 Å². The lowest BCUT2D eigenvalue weighted by atomic mass is 9.99. The number of rotatable bonds is 6. The largest absolute Gasteiger partial charge is 0.389 e. The average molecular weight is 213 g/mol. The normalized spacial score (nSPS) is 29.6. The Kier molecular flexibility index (Phi) is 5.07. The summed E-state index contributed by atoms with van der Waals surface area (Å²) in [5.74, 6) is 0.832. The van der Waals surface area contributed by atoms with Gasteiger partial charge in [0.15, 0.2) is 0 Å². The first-order chi connectivity index (χ1) is 7.07. The number of likely N-dealkylation sites (tertiary alicyclic amines) is 1. The molecular weight excluding hydrogens is 186 g/mol. The fourth-order valence-electron chi connectivity index (χ4n) is 2.48. The molecule has 0 aromatic rings. The van der Waals surface area contributed by atoms with Crippen molar-refractivity contribution < 1.29 is 5.11 Å². The summed E-state index contributed by atoms with van der Waals surface area (Å²) >= 11 is 0. The maximum Gasteiger partial charge on any atom is 0.0758 e. The second-order valence-electron chi connectivity index (χ2n) is 5.40. The zero-order chi connectivity index (χ0) is 11.3. The van der Waals surface area contributed by atoms with E-state index in [0.29, 0.717) is 0 Å². The standard InChI is InChI=1S/C13H27NO/c1-4-6-7-12(5-2)10-14-9-8-13(3,15)11-14/h12,15H,4-11H2,1-3H3. The lowest BCUT2D eigenvalue weighted by molar-refractivity contribution is 0.0662. The molecule has 1 N–H and O–H groups in total. The van der Waals surface area contributed by atoms with Crippen molar-refractivity contribution in [3.63, 3.8) is 0 Å². The van der Waals surface area contributed by atoms with Crippen LogP contribution in [0.1, 0.15) is 52.9 Å². The Morgan fingerprint density at radius 3 is 2.60 bits per heavy atom. The van der Waals surface area contributed by atoms with Crippen LogP contribution < -0.4 is 0 Å². The van der Waals surface area contributed by atoms with E-state index in [4.69, 9.17) is 0 Å². The molecule has 0 aliphatic carbocycles. The molecule has 0 aromatic carbocycles. The smallest absolute Gasteiger partial charge is 0.0758 e. The van der Waals surface area contributed by atoms with E-state index in [1.807, 2.05) is 6.92 Å². The topological polar surface area (TPSA) is 23.5 Å². The molecule has 0 radical (unpaired) electrons. The summed E-state index contributed by atoms with van der Waals surface area (Å²) in [7, 11) is 0. The van der Waals surface area contributed by atoms with Crippen molar-refractivity contribution in [3.05, 3.63) is 0 Å². The van der Waals surface area contributed by atoms with Gasteiger partial charge in [-0.15, -0.1) is 0 Å². The maximum absolute atomic E-state index is 9.88. The van der Waals surface area contributed by atoms with Gasteiger partial charge in [0.2, 0.25) is 0 Å². The summed E-state index contributed by atoms with van der Waals surface area (Å²) in [4.78, 5) is 2.43. The Morgan fingerprint density at radius 2 is 2.13 bits per heavy atom. The summed E-state index contributed by atoms with van der Waals surface area (Å²) in [6.45, 7) is 9.64. The van der Waals surface area contributed by atoms with Crippen LogP contribution in [0.5, 0.6) is 0 Å². The average Bonchev–Trinajstić information content (AvgIpc) is 2.52. The Hall–Kier alpha value is -0.0800. The van der Waals surface area contributed by atoms with Crippen LogP contribution >= 0.6 is 0 Å². The summed E-state index contributed by atoms with van der Waals surface area (Å²) in [5, 5.41) is 9.88. The van der Waals surface area contributed by atoms with Crippen LogP contribution in [0, 0.1) is 5.92 Å². The van der Waals surface area contributed by atoms with E-state index in [9.17, 15) is 5.11 Å². The number of hydrogen-bond acceptors (Lipinski definition) is 2. The van der Waals surface area contributed by atoms with Gasteiger partial charge in [-0.25, -0.2) is 0 Å². The quantitative estimate of drug-likeness (QED) is 0.733. The molecule has 2 heteroatoms. The van der Waals surface area contributed by atoms with Crippen molar-refractivity contribution in [1.82, 2.24) is 4.90 Å². The molecule has 1 aliphatic rings. The first-order valence-corrected chi connectivity index (χ1v) is 6.52. The molecule has 0 spiro atoms. The molecular formula is C13H27NO. The minimum absolute atomic E-state index is 0.428. The van der Waals surface area contributed by atoms with Crippen LogP contribution in [0.3, 0.4) is 0 Å². The molecule has 0 amide bonds. The number of hydrogen-bond donors (Lipinski definition) is 1. The Balaban J connectivity index is 2.27. The Morgan fingerprint density at radius 1 is 1.40 bits per heavy atom. The van der Waals surface area contributed by atoms with Crippen LogP contribution in [-0.2, 0) is 0 Å². The molecule has 2 nitrogen and oxygen atoms in total. The van der Waals surface area contributed by atoms with E-state index >= 15 is 0 Å². The van der Waals surface area contributed by atoms with Gasteiger partial charge in [-0.05, 0) is 25.7 Å². The van der Waals surface area contributed by atoms with Gasteiger partial charge in [0, 0.05) is 19.6 Å². The van der Waals surface area contributed by atoms with E-state index in [1.165, 1.54) is 32.2 Å². The molecule has 0 saturated carbocycles. The van der Waals surface area contributed by atoms with Crippen LogP contribution in [0.25, 0.3) is 0 Å². The summed E-state index contributed by atoms with van der Waals surface area (Å²) < 4.78 is 0. The Labute approximate surface area is 94.7 Å². The van der Waals surface area contributed by atoms with Gasteiger partial charge >= 0.3 is 0 Å². The van der Waals surface area contributed by atoms with E-state index in [2.05, 4.69) is 18.7 Å². The van der Waals surface area contributed by atoms with Crippen molar-refractivity contribution in [2.24, 2.45) is 5.92 Å². The van der Waals surface area contributed by atoms with E-state index < -0.39 is 5.60 Å². The molecule has 0 bridgehead atoms. The van der Waals surface area contributed by atoms with Crippen molar-refractivity contribution in [3.8, 4) is 0 Å². The predicted molar refractivity (Wildman–Crippen MR) is 65.0 cm³/mol. The van der Waals surface area contributed by atoms with Crippen LogP contribution in [-0.4, -0.2) is 35.2 Å². The number of β-amino-alcohol motifs (C(OH)–C–C–N with tert-alkyl or cyclic N) is 1. The maximum atomic E-state index is 9.88. The molecule has 1 rings (SSSR count). The van der Waals surface area contributed by atoms with Crippen molar-refractivity contribution in [1.29, 1.82) is 0 Å². The SMILES string of the molecule is CCCCC(CC)CN1CCC(C)(O)C1. The fraction of sp³-hybridized carbons (Fsp3) is 1.00. The summed E-state index contributed by atoms with van der Waals surface area (Å²) in [6.07, 6.45) is 6.22. The number of aliphatic hydroxyl groups is 1. The van der Waals surface area contributed by atoms with Gasteiger partial charge in [-0.3, -0.25) is 0 Å². The van der Waals surface area contributed by atoms with Gasteiger partial charge in [-0.1, -0.05) is 33.1 Å². The summed E-state index contributed by atoms with van der Waals surface area (Å²) in [6, 6.07) is 0. The molecule has 1 heterocycles. The van der Waals surface area contributed by atoms with Crippen LogP contribution in [0.4, 0.5) is 0 Å². The first kappa shape index (κ1) is 13.0. The van der Waals surface area contributed by atoms with Gasteiger partial charge in [0.1, 0.15) is 0 Å². The highest BCUT2D eigenvalue weighted by Crippen LogP contribution is 2.23. The van der Waals surface area contributed by atoms with Gasteiger partial charge < -0.3 is 10.0 Å². The second-order valence-corrected chi connectivity index (χ2v) is 5.40. The molecule has 1 aliphatic heterocycles. The van der Waals surface area contributed by atoms with E-state index in [1.54, 1.807) is 0 Å². The van der Waals surface area contributed by atoms with Crippen LogP contribution in [0.2, 0.25) is 0 Å². The highest BCUT2D eigenvalue weighted by Gasteiger charge is 2.31. The molecule has 1 fully saturated rings. The third-order valence-electron chi connectivity index (χ3n) is 3.59. The van der Waals surface area contributed by atoms with Crippen LogP contribution in [0.15, 0.2) is 0 Å². The van der Waals surface area contributed by atoms with Gasteiger partial charge in [-0.2, -0.15) is 0 Å². The van der Waals surface area contributed by atoms with E-state index in [-0.39, 0.29) is 0 Å². The van der Waals surface area contributed by atoms with Crippen molar-refractivity contribution in [2.75, 3.05) is 19.6 Å². The minimum atomic E-state index is -0.428. The second kappa shape index (κ2) is 5.86. The molecule has 15 heavy (non-hydrogen) atoms. The molecule has 1 saturated heterocycles. The minimum Gasteiger partial charge on any atom is -0.389 e. The summed E-state index contributed by atoms with van der Waals surface area (Å²) in [5.41, 5.74) is -0.428. The Bertz CT molecular complexity index is 179. The lowest BCUT2D eigenvalue weighted by Crippen LogP contribution is -2.32. The first-order valence-electron chi connectivity index (χ1n) is 6.52. The fourth-order valence-corrected chi connectivity index (χ4v) is 2.48. The molecule has 90 valence electrons. The lowest BCUT2D eigenvalue weighted by Gasteiger charge is -2.23. The van der Waals surface area contributed by atoms with Crippen molar-refractivity contribution in [2.45, 2.75) is 58.5 Å². The number of unbranched alkanes of at least 4 members (excludes halogenated alkanes) is 1. The third-order valence-corrected chi connectivity index (χ3v) is 3.59. The third kappa shape index (κ3) is 4.52. The van der Waals surface area contributed by atoms with Gasteiger partial charge in [0.25, 0.3) is 0 Å². The zero-order valence-electron chi connectivity index (χ0n) is 10.6.